The van der Waals surface area contributed by atoms with Gasteiger partial charge in [-0.25, -0.2) is 4.68 Å². The SMILES string of the molecule is COc1cc(NC(=O)CSc2nnnn2Cc2ccco2)cc(OC)c1OC. The largest absolute Gasteiger partial charge is 0.493 e. The van der Waals surface area contributed by atoms with Crippen LogP contribution in [0.3, 0.4) is 0 Å². The quantitative estimate of drug-likeness (QED) is 0.534. The number of methoxy groups -OCH3 is 3. The Bertz CT molecular complexity index is 903. The van der Waals surface area contributed by atoms with Gasteiger partial charge in [0.2, 0.25) is 16.8 Å². The van der Waals surface area contributed by atoms with E-state index in [0.29, 0.717) is 34.6 Å². The first-order chi connectivity index (χ1) is 13.6. The summed E-state index contributed by atoms with van der Waals surface area (Å²) in [5.41, 5.74) is 0.523. The average Bonchev–Trinajstić information content (AvgIpc) is 3.38. The van der Waals surface area contributed by atoms with Gasteiger partial charge in [-0.3, -0.25) is 4.79 Å². The standard InChI is InChI=1S/C17H19N5O5S/c1-24-13-7-11(8-14(25-2)16(13)26-3)18-15(23)10-28-17-19-20-21-22(17)9-12-5-4-6-27-12/h4-8H,9-10H2,1-3H3,(H,18,23). The summed E-state index contributed by atoms with van der Waals surface area (Å²) < 4.78 is 22.7. The molecule has 0 aliphatic carbocycles. The number of rotatable bonds is 9. The van der Waals surface area contributed by atoms with Gasteiger partial charge in [0.25, 0.3) is 0 Å². The van der Waals surface area contributed by atoms with E-state index in [1.165, 1.54) is 33.1 Å². The Morgan fingerprint density at radius 2 is 1.96 bits per heavy atom. The summed E-state index contributed by atoms with van der Waals surface area (Å²) in [4.78, 5) is 12.3. The highest BCUT2D eigenvalue weighted by Gasteiger charge is 2.16. The highest BCUT2D eigenvalue weighted by molar-refractivity contribution is 7.99. The van der Waals surface area contributed by atoms with Crippen molar-refractivity contribution in [2.24, 2.45) is 0 Å². The number of amides is 1. The van der Waals surface area contributed by atoms with E-state index in [1.54, 1.807) is 29.1 Å². The molecule has 0 atom stereocenters. The number of carbonyl (C=O) groups excluding carboxylic acids is 1. The van der Waals surface area contributed by atoms with E-state index in [0.717, 1.165) is 5.76 Å². The first-order valence-corrected chi connectivity index (χ1v) is 9.14. The van der Waals surface area contributed by atoms with Gasteiger partial charge in [-0.2, -0.15) is 0 Å². The summed E-state index contributed by atoms with van der Waals surface area (Å²) in [6.07, 6.45) is 1.58. The number of hydrogen-bond acceptors (Lipinski definition) is 9. The second-order valence-electron chi connectivity index (χ2n) is 5.45. The van der Waals surface area contributed by atoms with E-state index in [-0.39, 0.29) is 11.7 Å². The third-order valence-electron chi connectivity index (χ3n) is 3.67. The lowest BCUT2D eigenvalue weighted by Gasteiger charge is -2.14. The maximum absolute atomic E-state index is 12.3. The Kier molecular flexibility index (Phi) is 6.37. The van der Waals surface area contributed by atoms with Gasteiger partial charge in [0.15, 0.2) is 11.5 Å². The van der Waals surface area contributed by atoms with Gasteiger partial charge in [0, 0.05) is 17.8 Å². The molecule has 0 radical (unpaired) electrons. The second-order valence-corrected chi connectivity index (χ2v) is 6.39. The van der Waals surface area contributed by atoms with Gasteiger partial charge >= 0.3 is 0 Å². The normalized spacial score (nSPS) is 10.5. The number of nitrogens with zero attached hydrogens (tertiary/aromatic N) is 4. The van der Waals surface area contributed by atoms with Crippen LogP contribution in [0.4, 0.5) is 5.69 Å². The zero-order valence-corrected chi connectivity index (χ0v) is 16.4. The third kappa shape index (κ3) is 4.55. The van der Waals surface area contributed by atoms with Crippen LogP contribution in [0, 0.1) is 0 Å². The predicted molar refractivity (Wildman–Crippen MR) is 101 cm³/mol. The molecule has 0 saturated carbocycles. The Hall–Kier alpha value is -3.21. The van der Waals surface area contributed by atoms with Crippen molar-refractivity contribution in [2.75, 3.05) is 32.4 Å². The molecule has 148 valence electrons. The minimum atomic E-state index is -0.230. The Morgan fingerprint density at radius 3 is 2.57 bits per heavy atom. The molecule has 1 aromatic carbocycles. The van der Waals surface area contributed by atoms with Crippen LogP contribution in [-0.2, 0) is 11.3 Å². The van der Waals surface area contributed by atoms with Crippen LogP contribution in [-0.4, -0.2) is 53.2 Å². The fraction of sp³-hybridized carbons (Fsp3) is 0.294. The zero-order valence-electron chi connectivity index (χ0n) is 15.5. The van der Waals surface area contributed by atoms with Gasteiger partial charge in [-0.05, 0) is 22.6 Å². The number of hydrogen-bond donors (Lipinski definition) is 1. The van der Waals surface area contributed by atoms with Gasteiger partial charge in [0.05, 0.1) is 33.3 Å². The molecule has 28 heavy (non-hydrogen) atoms. The Labute approximate surface area is 165 Å². The predicted octanol–water partition coefficient (Wildman–Crippen LogP) is 2.07. The molecule has 0 spiro atoms. The summed E-state index contributed by atoms with van der Waals surface area (Å²) in [5, 5.41) is 14.8. The van der Waals surface area contributed by atoms with Crippen molar-refractivity contribution in [3.63, 3.8) is 0 Å². The second kappa shape index (κ2) is 9.13. The monoisotopic (exact) mass is 405 g/mol. The van der Waals surface area contributed by atoms with Crippen molar-refractivity contribution in [3.05, 3.63) is 36.3 Å². The van der Waals surface area contributed by atoms with Crippen LogP contribution in [0.25, 0.3) is 0 Å². The molecule has 2 aromatic heterocycles. The van der Waals surface area contributed by atoms with E-state index in [2.05, 4.69) is 20.8 Å². The zero-order chi connectivity index (χ0) is 19.9. The van der Waals surface area contributed by atoms with Crippen molar-refractivity contribution >= 4 is 23.4 Å². The number of tetrazole rings is 1. The lowest BCUT2D eigenvalue weighted by atomic mass is 10.2. The summed E-state index contributed by atoms with van der Waals surface area (Å²) in [5.74, 6) is 1.96. The summed E-state index contributed by atoms with van der Waals surface area (Å²) in [7, 11) is 4.54. The first-order valence-electron chi connectivity index (χ1n) is 8.15. The molecule has 3 rings (SSSR count). The third-order valence-corrected chi connectivity index (χ3v) is 4.62. The molecule has 1 amide bonds. The van der Waals surface area contributed by atoms with Crippen LogP contribution in [0.1, 0.15) is 5.76 Å². The van der Waals surface area contributed by atoms with Gasteiger partial charge in [-0.15, -0.1) is 5.10 Å². The fourth-order valence-corrected chi connectivity index (χ4v) is 3.11. The topological polar surface area (TPSA) is 114 Å². The Morgan fingerprint density at radius 1 is 1.21 bits per heavy atom. The fourth-order valence-electron chi connectivity index (χ4n) is 2.43. The van der Waals surface area contributed by atoms with Crippen LogP contribution in [0.5, 0.6) is 17.2 Å². The summed E-state index contributed by atoms with van der Waals surface area (Å²) >= 11 is 1.22. The summed E-state index contributed by atoms with van der Waals surface area (Å²) in [6.45, 7) is 0.386. The maximum atomic E-state index is 12.3. The van der Waals surface area contributed by atoms with E-state index in [1.807, 2.05) is 6.07 Å². The molecule has 0 bridgehead atoms. The number of benzene rings is 1. The maximum Gasteiger partial charge on any atom is 0.234 e. The minimum Gasteiger partial charge on any atom is -0.493 e. The molecule has 3 aromatic rings. The molecule has 2 heterocycles. The van der Waals surface area contributed by atoms with Crippen molar-refractivity contribution in [2.45, 2.75) is 11.7 Å². The molecular weight excluding hydrogens is 386 g/mol. The van der Waals surface area contributed by atoms with E-state index in [9.17, 15) is 4.79 Å². The number of furan rings is 1. The van der Waals surface area contributed by atoms with E-state index >= 15 is 0 Å². The van der Waals surface area contributed by atoms with E-state index < -0.39 is 0 Å². The van der Waals surface area contributed by atoms with Crippen molar-refractivity contribution in [1.29, 1.82) is 0 Å². The number of ether oxygens (including phenoxy) is 3. The summed E-state index contributed by atoms with van der Waals surface area (Å²) in [6, 6.07) is 6.93. The highest BCUT2D eigenvalue weighted by Crippen LogP contribution is 2.39. The molecular formula is C17H19N5O5S. The van der Waals surface area contributed by atoms with Crippen LogP contribution >= 0.6 is 11.8 Å². The van der Waals surface area contributed by atoms with Gasteiger partial charge in [0.1, 0.15) is 12.3 Å². The highest BCUT2D eigenvalue weighted by atomic mass is 32.2. The number of carbonyl (C=O) groups is 1. The number of aromatic nitrogens is 4. The van der Waals surface area contributed by atoms with Gasteiger partial charge < -0.3 is 23.9 Å². The minimum absolute atomic E-state index is 0.120. The first kappa shape index (κ1) is 19.5. The lowest BCUT2D eigenvalue weighted by Crippen LogP contribution is -2.15. The van der Waals surface area contributed by atoms with Crippen molar-refractivity contribution < 1.29 is 23.4 Å². The van der Waals surface area contributed by atoms with Crippen LogP contribution in [0.2, 0.25) is 0 Å². The lowest BCUT2D eigenvalue weighted by molar-refractivity contribution is -0.113. The van der Waals surface area contributed by atoms with Crippen molar-refractivity contribution in [1.82, 2.24) is 20.2 Å². The average molecular weight is 405 g/mol. The number of nitrogens with one attached hydrogen (secondary N) is 1. The molecule has 0 unspecified atom stereocenters. The molecule has 0 aliphatic heterocycles. The van der Waals surface area contributed by atoms with Gasteiger partial charge in [-0.1, -0.05) is 11.8 Å². The van der Waals surface area contributed by atoms with Crippen molar-refractivity contribution in [3.8, 4) is 17.2 Å². The number of thioether (sulfide) groups is 1. The van der Waals surface area contributed by atoms with E-state index in [4.69, 9.17) is 18.6 Å². The van der Waals surface area contributed by atoms with Crippen LogP contribution < -0.4 is 19.5 Å². The molecule has 1 N–H and O–H groups in total. The number of anilines is 1. The molecule has 0 fully saturated rings. The van der Waals surface area contributed by atoms with Crippen LogP contribution in [0.15, 0.2) is 40.1 Å². The Balaban J connectivity index is 1.63. The smallest absolute Gasteiger partial charge is 0.234 e. The molecule has 10 nitrogen and oxygen atoms in total. The molecule has 11 heteroatoms. The molecule has 0 saturated heterocycles. The molecule has 0 aliphatic rings.